The third-order valence-electron chi connectivity index (χ3n) is 2.81. The summed E-state index contributed by atoms with van der Waals surface area (Å²) in [5, 5.41) is 0. The summed E-state index contributed by atoms with van der Waals surface area (Å²) in [5.41, 5.74) is 6.65. The average molecular weight is 263 g/mol. The number of hydrogen-bond donors (Lipinski definition) is 1. The highest BCUT2D eigenvalue weighted by Gasteiger charge is 2.14. The minimum Gasteiger partial charge on any atom is -0.461 e. The Morgan fingerprint density at radius 2 is 1.89 bits per heavy atom. The molecule has 0 aliphatic carbocycles. The number of nitrogens with two attached hydrogens (primary N) is 1. The van der Waals surface area contributed by atoms with Crippen LogP contribution in [-0.2, 0) is 20.9 Å². The number of rotatable bonds is 8. The summed E-state index contributed by atoms with van der Waals surface area (Å²) in [7, 11) is 0. The van der Waals surface area contributed by atoms with Crippen LogP contribution >= 0.6 is 0 Å². The molecule has 0 fully saturated rings. The van der Waals surface area contributed by atoms with Crippen LogP contribution in [0.3, 0.4) is 0 Å². The molecule has 4 nitrogen and oxygen atoms in total. The first-order valence-electron chi connectivity index (χ1n) is 6.61. The van der Waals surface area contributed by atoms with Gasteiger partial charge in [-0.25, -0.2) is 0 Å². The standard InChI is InChI=1S/C15H21NO3/c1-2-6-14(17)13(16)9-10-15(18)19-11-12-7-4-3-5-8-12/h3-5,7-8,13H,2,6,9-11,16H2,1H3/t13-/m1/s1. The first-order valence-corrected chi connectivity index (χ1v) is 6.61. The van der Waals surface area contributed by atoms with Crippen LogP contribution in [0.5, 0.6) is 0 Å². The van der Waals surface area contributed by atoms with Gasteiger partial charge in [0.1, 0.15) is 12.4 Å². The van der Waals surface area contributed by atoms with Crippen molar-refractivity contribution in [3.05, 3.63) is 35.9 Å². The molecule has 0 saturated heterocycles. The summed E-state index contributed by atoms with van der Waals surface area (Å²) in [5.74, 6) is -0.304. The van der Waals surface area contributed by atoms with Crippen LogP contribution < -0.4 is 5.73 Å². The van der Waals surface area contributed by atoms with E-state index in [-0.39, 0.29) is 24.8 Å². The van der Waals surface area contributed by atoms with Gasteiger partial charge in [0, 0.05) is 12.8 Å². The van der Waals surface area contributed by atoms with Crippen molar-refractivity contribution >= 4 is 11.8 Å². The van der Waals surface area contributed by atoms with E-state index in [2.05, 4.69) is 0 Å². The molecule has 1 atom stereocenters. The summed E-state index contributed by atoms with van der Waals surface area (Å²) >= 11 is 0. The van der Waals surface area contributed by atoms with Crippen LogP contribution in [0.2, 0.25) is 0 Å². The third kappa shape index (κ3) is 6.15. The van der Waals surface area contributed by atoms with E-state index >= 15 is 0 Å². The van der Waals surface area contributed by atoms with E-state index in [1.54, 1.807) is 0 Å². The van der Waals surface area contributed by atoms with Crippen LogP contribution in [0.15, 0.2) is 30.3 Å². The molecule has 19 heavy (non-hydrogen) atoms. The number of ketones is 1. The lowest BCUT2D eigenvalue weighted by Gasteiger charge is -2.09. The minimum atomic E-state index is -0.552. The van der Waals surface area contributed by atoms with Gasteiger partial charge in [-0.15, -0.1) is 0 Å². The molecule has 0 aliphatic heterocycles. The van der Waals surface area contributed by atoms with E-state index in [0.29, 0.717) is 12.8 Å². The van der Waals surface area contributed by atoms with Crippen molar-refractivity contribution in [3.8, 4) is 0 Å². The Kier molecular flexibility index (Phi) is 6.82. The molecule has 0 spiro atoms. The highest BCUT2D eigenvalue weighted by atomic mass is 16.5. The number of hydrogen-bond acceptors (Lipinski definition) is 4. The predicted molar refractivity (Wildman–Crippen MR) is 73.4 cm³/mol. The van der Waals surface area contributed by atoms with E-state index in [9.17, 15) is 9.59 Å². The van der Waals surface area contributed by atoms with E-state index in [1.807, 2.05) is 37.3 Å². The van der Waals surface area contributed by atoms with Crippen molar-refractivity contribution in [2.24, 2.45) is 5.73 Å². The highest BCUT2D eigenvalue weighted by Crippen LogP contribution is 2.05. The van der Waals surface area contributed by atoms with Gasteiger partial charge in [0.05, 0.1) is 6.04 Å². The molecule has 0 unspecified atom stereocenters. The first-order chi connectivity index (χ1) is 9.13. The van der Waals surface area contributed by atoms with Gasteiger partial charge in [0.25, 0.3) is 0 Å². The molecule has 1 aromatic carbocycles. The summed E-state index contributed by atoms with van der Waals surface area (Å²) < 4.78 is 5.11. The van der Waals surface area contributed by atoms with Gasteiger partial charge < -0.3 is 10.5 Å². The fourth-order valence-electron chi connectivity index (χ4n) is 1.68. The maximum atomic E-state index is 11.5. The molecule has 0 heterocycles. The number of benzene rings is 1. The molecule has 0 radical (unpaired) electrons. The van der Waals surface area contributed by atoms with Crippen molar-refractivity contribution in [2.45, 2.75) is 45.3 Å². The van der Waals surface area contributed by atoms with Crippen LogP contribution in [0, 0.1) is 0 Å². The largest absolute Gasteiger partial charge is 0.461 e. The lowest BCUT2D eigenvalue weighted by Crippen LogP contribution is -2.31. The lowest BCUT2D eigenvalue weighted by atomic mass is 10.0. The van der Waals surface area contributed by atoms with E-state index in [0.717, 1.165) is 12.0 Å². The fourth-order valence-corrected chi connectivity index (χ4v) is 1.68. The maximum absolute atomic E-state index is 11.5. The number of carbonyl (C=O) groups is 2. The van der Waals surface area contributed by atoms with Gasteiger partial charge in [0.15, 0.2) is 0 Å². The number of carbonyl (C=O) groups excluding carboxylic acids is 2. The molecule has 1 rings (SSSR count). The van der Waals surface area contributed by atoms with Crippen LogP contribution in [0.4, 0.5) is 0 Å². The Balaban J connectivity index is 2.23. The van der Waals surface area contributed by atoms with Gasteiger partial charge >= 0.3 is 5.97 Å². The van der Waals surface area contributed by atoms with E-state index < -0.39 is 6.04 Å². The Morgan fingerprint density at radius 3 is 2.53 bits per heavy atom. The van der Waals surface area contributed by atoms with Crippen molar-refractivity contribution in [2.75, 3.05) is 0 Å². The van der Waals surface area contributed by atoms with Gasteiger partial charge in [-0.1, -0.05) is 37.3 Å². The highest BCUT2D eigenvalue weighted by molar-refractivity contribution is 5.84. The quantitative estimate of drug-likeness (QED) is 0.730. The molecule has 0 bridgehead atoms. The summed E-state index contributed by atoms with van der Waals surface area (Å²) in [6, 6.07) is 8.92. The second kappa shape index (κ2) is 8.43. The van der Waals surface area contributed by atoms with Gasteiger partial charge in [-0.05, 0) is 18.4 Å². The predicted octanol–water partition coefficient (Wildman–Crippen LogP) is 2.21. The second-order valence-corrected chi connectivity index (χ2v) is 4.51. The van der Waals surface area contributed by atoms with Crippen molar-refractivity contribution in [3.63, 3.8) is 0 Å². The monoisotopic (exact) mass is 263 g/mol. The zero-order chi connectivity index (χ0) is 14.1. The molecule has 2 N–H and O–H groups in total. The Hall–Kier alpha value is -1.68. The number of Topliss-reactive ketones (excluding diaryl/α,β-unsaturated/α-hetero) is 1. The maximum Gasteiger partial charge on any atom is 0.306 e. The van der Waals surface area contributed by atoms with E-state index in [1.165, 1.54) is 0 Å². The van der Waals surface area contributed by atoms with Gasteiger partial charge in [-0.2, -0.15) is 0 Å². The molecule has 1 aromatic rings. The molecule has 4 heteroatoms. The van der Waals surface area contributed by atoms with Crippen molar-refractivity contribution in [1.82, 2.24) is 0 Å². The number of esters is 1. The molecule has 0 aliphatic rings. The second-order valence-electron chi connectivity index (χ2n) is 4.51. The summed E-state index contributed by atoms with van der Waals surface area (Å²) in [6.07, 6.45) is 1.79. The zero-order valence-electron chi connectivity index (χ0n) is 11.3. The Bertz CT molecular complexity index is 403. The Labute approximate surface area is 113 Å². The normalized spacial score (nSPS) is 11.9. The summed E-state index contributed by atoms with van der Waals surface area (Å²) in [6.45, 7) is 2.19. The van der Waals surface area contributed by atoms with Crippen LogP contribution in [0.25, 0.3) is 0 Å². The molecule has 0 amide bonds. The first kappa shape index (κ1) is 15.4. The molecule has 0 saturated carbocycles. The van der Waals surface area contributed by atoms with Crippen LogP contribution in [-0.4, -0.2) is 17.8 Å². The third-order valence-corrected chi connectivity index (χ3v) is 2.81. The molecular weight excluding hydrogens is 242 g/mol. The average Bonchev–Trinajstić information content (AvgIpc) is 2.43. The van der Waals surface area contributed by atoms with Gasteiger partial charge in [-0.3, -0.25) is 9.59 Å². The smallest absolute Gasteiger partial charge is 0.306 e. The lowest BCUT2D eigenvalue weighted by molar-refractivity contribution is -0.145. The van der Waals surface area contributed by atoms with Crippen molar-refractivity contribution < 1.29 is 14.3 Å². The zero-order valence-corrected chi connectivity index (χ0v) is 11.3. The fraction of sp³-hybridized carbons (Fsp3) is 0.467. The SMILES string of the molecule is CCCC(=O)[C@H](N)CCC(=O)OCc1ccccc1. The molecule has 104 valence electrons. The summed E-state index contributed by atoms with van der Waals surface area (Å²) in [4.78, 5) is 23.0. The van der Waals surface area contributed by atoms with Crippen LogP contribution in [0.1, 0.15) is 38.2 Å². The van der Waals surface area contributed by atoms with Crippen molar-refractivity contribution in [1.29, 1.82) is 0 Å². The topological polar surface area (TPSA) is 69.4 Å². The van der Waals surface area contributed by atoms with E-state index in [4.69, 9.17) is 10.5 Å². The molecule has 0 aromatic heterocycles. The van der Waals surface area contributed by atoms with Gasteiger partial charge in [0.2, 0.25) is 0 Å². The minimum absolute atomic E-state index is 0.0124. The number of ether oxygens (including phenoxy) is 1. The molecular formula is C15H21NO3. The Morgan fingerprint density at radius 1 is 1.21 bits per heavy atom.